The van der Waals surface area contributed by atoms with Crippen LogP contribution in [0.2, 0.25) is 0 Å². The van der Waals surface area contributed by atoms with Crippen LogP contribution in [0, 0.1) is 16.7 Å². The summed E-state index contributed by atoms with van der Waals surface area (Å²) >= 11 is 0. The predicted octanol–water partition coefficient (Wildman–Crippen LogP) is 3.39. The summed E-state index contributed by atoms with van der Waals surface area (Å²) in [7, 11) is 0. The Morgan fingerprint density at radius 1 is 0.917 bits per heavy atom. The molecule has 4 N–H and O–H groups in total. The zero-order valence-corrected chi connectivity index (χ0v) is 34.9. The minimum atomic E-state index is -2.38. The number of aliphatic hydroxyl groups is 3. The topological polar surface area (TPSA) is 221 Å². The number of rotatable bonds is 10. The van der Waals surface area contributed by atoms with Crippen LogP contribution in [0.25, 0.3) is 0 Å². The van der Waals surface area contributed by atoms with Crippen molar-refractivity contribution in [3.05, 3.63) is 94.6 Å². The number of nitrogens with one attached hydrogen (secondary N) is 1. The maximum atomic E-state index is 15.4. The van der Waals surface area contributed by atoms with E-state index in [9.17, 15) is 39.3 Å². The first-order valence-electron chi connectivity index (χ1n) is 19.9. The molecule has 2 aromatic carbocycles. The fraction of sp³-hybridized carbons (Fsp3) is 0.511. The van der Waals surface area contributed by atoms with Crippen molar-refractivity contribution in [3.8, 4) is 0 Å². The molecular weight excluding hydrogens is 778 g/mol. The molecule has 0 radical (unpaired) electrons. The van der Waals surface area contributed by atoms with Gasteiger partial charge < -0.3 is 44.3 Å². The Bertz CT molecular complexity index is 2110. The highest BCUT2D eigenvalue weighted by Gasteiger charge is 2.78. The second-order valence-electron chi connectivity index (χ2n) is 17.0. The van der Waals surface area contributed by atoms with Crippen LogP contribution in [-0.2, 0) is 47.7 Å². The number of carbonyl (C=O) groups is 6. The molecule has 1 saturated heterocycles. The van der Waals surface area contributed by atoms with Crippen molar-refractivity contribution in [2.45, 2.75) is 122 Å². The van der Waals surface area contributed by atoms with E-state index < -0.39 is 113 Å². The molecule has 0 unspecified atom stereocenters. The van der Waals surface area contributed by atoms with Gasteiger partial charge in [-0.25, -0.2) is 9.59 Å². The van der Waals surface area contributed by atoms with Crippen LogP contribution < -0.4 is 5.32 Å². The molecule has 3 fully saturated rings. The van der Waals surface area contributed by atoms with Crippen LogP contribution in [0.1, 0.15) is 90.2 Å². The van der Waals surface area contributed by atoms with E-state index in [-0.39, 0.29) is 29.7 Å². The van der Waals surface area contributed by atoms with Gasteiger partial charge in [0.05, 0.1) is 35.6 Å². The Kier molecular flexibility index (Phi) is 12.1. The van der Waals surface area contributed by atoms with Crippen LogP contribution in [-0.4, -0.2) is 105 Å². The van der Waals surface area contributed by atoms with Gasteiger partial charge in [0.1, 0.15) is 23.9 Å². The smallest absolute Gasteiger partial charge is 0.338 e. The molecule has 3 aliphatic carbocycles. The fourth-order valence-electron chi connectivity index (χ4n) is 9.75. The lowest BCUT2D eigenvalue weighted by atomic mass is 9.44. The van der Waals surface area contributed by atoms with Gasteiger partial charge >= 0.3 is 23.9 Å². The second-order valence-corrected chi connectivity index (χ2v) is 17.0. The highest BCUT2D eigenvalue weighted by Crippen LogP contribution is 2.64. The third-order valence-electron chi connectivity index (χ3n) is 13.2. The Balaban J connectivity index is 1.56. The molecule has 1 aliphatic heterocycles. The van der Waals surface area contributed by atoms with E-state index in [1.165, 1.54) is 26.0 Å². The second kappa shape index (κ2) is 16.3. The number of aliphatic hydroxyl groups excluding tert-OH is 2. The van der Waals surface area contributed by atoms with E-state index in [0.29, 0.717) is 11.1 Å². The first kappa shape index (κ1) is 44.3. The summed E-state index contributed by atoms with van der Waals surface area (Å²) in [4.78, 5) is 82.9. The maximum absolute atomic E-state index is 15.4. The summed E-state index contributed by atoms with van der Waals surface area (Å²) in [5.41, 5.74) is -6.91. The molecule has 4 aliphatic rings. The molecule has 0 spiro atoms. The fourth-order valence-corrected chi connectivity index (χ4v) is 9.75. The van der Waals surface area contributed by atoms with Crippen LogP contribution in [0.3, 0.4) is 0 Å². The molecular formula is C45H53NO14. The summed E-state index contributed by atoms with van der Waals surface area (Å²) in [5, 5.41) is 40.0. The number of fused-ring (bicyclic) bond motifs is 5. The van der Waals surface area contributed by atoms with Crippen molar-refractivity contribution in [3.63, 3.8) is 0 Å². The Morgan fingerprint density at radius 2 is 1.53 bits per heavy atom. The van der Waals surface area contributed by atoms with Gasteiger partial charge in [0.25, 0.3) is 0 Å². The summed E-state index contributed by atoms with van der Waals surface area (Å²) in [6.45, 7) is 11.2. The summed E-state index contributed by atoms with van der Waals surface area (Å²) in [6, 6.07) is 14.8. The number of allylic oxidation sites excluding steroid dienone is 1. The number of amides is 1. The van der Waals surface area contributed by atoms with Crippen molar-refractivity contribution >= 4 is 35.6 Å². The Labute approximate surface area is 348 Å². The van der Waals surface area contributed by atoms with Gasteiger partial charge in [-0.3, -0.25) is 19.2 Å². The third kappa shape index (κ3) is 7.24. The largest absolute Gasteiger partial charge is 0.456 e. The summed E-state index contributed by atoms with van der Waals surface area (Å²) in [6.07, 6.45) is -8.88. The van der Waals surface area contributed by atoms with Crippen LogP contribution in [0.4, 0.5) is 0 Å². The first-order chi connectivity index (χ1) is 28.1. The van der Waals surface area contributed by atoms with E-state index in [1.807, 2.05) is 0 Å². The van der Waals surface area contributed by atoms with E-state index in [0.717, 1.165) is 13.8 Å². The molecule has 11 atom stereocenters. The summed E-state index contributed by atoms with van der Waals surface area (Å²) < 4.78 is 30.2. The average molecular weight is 832 g/mol. The molecule has 2 bridgehead atoms. The molecule has 2 aromatic rings. The highest BCUT2D eigenvalue weighted by molar-refractivity contribution is 5.96. The number of ether oxygens (including phenoxy) is 5. The molecule has 0 aromatic heterocycles. The predicted molar refractivity (Wildman–Crippen MR) is 211 cm³/mol. The lowest BCUT2D eigenvalue weighted by Gasteiger charge is -2.67. The zero-order chi connectivity index (χ0) is 44.1. The number of hydrogen-bond acceptors (Lipinski definition) is 14. The van der Waals surface area contributed by atoms with Gasteiger partial charge in [-0.2, -0.15) is 0 Å². The Hall–Kier alpha value is -5.22. The standard InChI is InChI=1S/C45H53NO14/c1-9-23(2)39(52)46-33(27-16-12-10-13-17-27)34(50)41(54)58-29-21-45(55)38(59-40(53)28-18-14-11-15-19-28)36-43(8,30(49)20-31-44(36,22-56-31)60-26(5)48)37(51)35(57-25(4)47)32(24(29)3)42(45,6)7/h9-19,29-31,33-36,38,49-50,55H,20-22H2,1-8H3,(H,46,52)/t29-,30-,31+,33-,34-,35-,36-,38+,43-,44+,45+/m1/s1. The van der Waals surface area contributed by atoms with Crippen molar-refractivity contribution in [1.82, 2.24) is 5.32 Å². The van der Waals surface area contributed by atoms with Crippen LogP contribution in [0.15, 0.2) is 83.5 Å². The number of ketones is 1. The quantitative estimate of drug-likeness (QED) is 0.117. The third-order valence-corrected chi connectivity index (χ3v) is 13.2. The van der Waals surface area contributed by atoms with Crippen molar-refractivity contribution in [2.24, 2.45) is 16.7 Å². The molecule has 15 heteroatoms. The van der Waals surface area contributed by atoms with Crippen LogP contribution in [0.5, 0.6) is 0 Å². The summed E-state index contributed by atoms with van der Waals surface area (Å²) in [5.74, 6) is -6.78. The van der Waals surface area contributed by atoms with Gasteiger partial charge in [-0.15, -0.1) is 0 Å². The molecule has 6 rings (SSSR count). The SMILES string of the molecule is CC=C(C)C(=O)N[C@H](c1ccccc1)[C@@H](O)C(=O)O[C@@H]1C[C@]2(O)[C@@H](OC(=O)c3ccccc3)[C@H]3[C@]4(OC(C)=O)CO[C@H]4C[C@@H](O)[C@@]3(C)C(=O)[C@H](OC(C)=O)C(=C1C)C2(C)C. The Morgan fingerprint density at radius 3 is 2.08 bits per heavy atom. The van der Waals surface area contributed by atoms with Gasteiger partial charge in [0.2, 0.25) is 5.91 Å². The van der Waals surface area contributed by atoms with Gasteiger partial charge in [-0.05, 0) is 56.5 Å². The molecule has 2 saturated carbocycles. The monoisotopic (exact) mass is 831 g/mol. The number of carbonyl (C=O) groups excluding carboxylic acids is 6. The lowest BCUT2D eigenvalue weighted by Crippen LogP contribution is -2.82. The minimum Gasteiger partial charge on any atom is -0.456 e. The number of esters is 4. The lowest BCUT2D eigenvalue weighted by molar-refractivity contribution is -0.346. The van der Waals surface area contributed by atoms with E-state index in [2.05, 4.69) is 5.32 Å². The maximum Gasteiger partial charge on any atom is 0.338 e. The average Bonchev–Trinajstić information content (AvgIpc) is 3.20. The molecule has 1 amide bonds. The van der Waals surface area contributed by atoms with Gasteiger partial charge in [-0.1, -0.05) is 68.5 Å². The first-order valence-corrected chi connectivity index (χ1v) is 19.9. The molecule has 322 valence electrons. The van der Waals surface area contributed by atoms with Gasteiger partial charge in [0, 0.05) is 37.7 Å². The van der Waals surface area contributed by atoms with Crippen molar-refractivity contribution in [1.29, 1.82) is 0 Å². The van der Waals surface area contributed by atoms with Gasteiger partial charge in [0.15, 0.2) is 23.6 Å². The van der Waals surface area contributed by atoms with Crippen LogP contribution >= 0.6 is 0 Å². The normalized spacial score (nSPS) is 32.9. The molecule has 15 nitrogen and oxygen atoms in total. The minimum absolute atomic E-state index is 0.00140. The number of benzene rings is 2. The molecule has 60 heavy (non-hydrogen) atoms. The van der Waals surface area contributed by atoms with E-state index in [4.69, 9.17) is 23.7 Å². The van der Waals surface area contributed by atoms with Crippen molar-refractivity contribution in [2.75, 3.05) is 6.61 Å². The number of Topliss-reactive ketones (excluding diaryl/α,β-unsaturated/α-hetero) is 1. The van der Waals surface area contributed by atoms with E-state index >= 15 is 4.79 Å². The van der Waals surface area contributed by atoms with E-state index in [1.54, 1.807) is 82.3 Å². The highest BCUT2D eigenvalue weighted by atomic mass is 16.6. The molecule has 1 heterocycles. The zero-order valence-electron chi connectivity index (χ0n) is 34.9. The number of hydrogen-bond donors (Lipinski definition) is 4. The van der Waals surface area contributed by atoms with Crippen molar-refractivity contribution < 1.29 is 67.8 Å².